The predicted molar refractivity (Wildman–Crippen MR) is 73.6 cm³/mol. The maximum Gasteiger partial charge on any atom is 0.332 e. The van der Waals surface area contributed by atoms with E-state index in [1.165, 1.54) is 11.6 Å². The number of aromatic amines is 1. The molecule has 2 heterocycles. The summed E-state index contributed by atoms with van der Waals surface area (Å²) >= 11 is 0. The molecule has 8 heteroatoms. The van der Waals surface area contributed by atoms with E-state index < -0.39 is 0 Å². The molecule has 0 atom stereocenters. The summed E-state index contributed by atoms with van der Waals surface area (Å²) in [5.74, 6) is 0.492. The third kappa shape index (κ3) is 2.39. The van der Waals surface area contributed by atoms with Crippen LogP contribution in [0.25, 0.3) is 11.2 Å². The van der Waals surface area contributed by atoms with Crippen LogP contribution in [0, 0.1) is 0 Å². The van der Waals surface area contributed by atoms with Gasteiger partial charge in [0.25, 0.3) is 5.56 Å². The Labute approximate surface area is 109 Å². The molecule has 0 aromatic carbocycles. The van der Waals surface area contributed by atoms with Gasteiger partial charge in [-0.3, -0.25) is 13.9 Å². The molecule has 0 fully saturated rings. The molecule has 0 spiro atoms. The van der Waals surface area contributed by atoms with Crippen LogP contribution in [-0.4, -0.2) is 38.7 Å². The molecule has 2 aromatic rings. The number of anilines is 1. The van der Waals surface area contributed by atoms with Gasteiger partial charge in [0.1, 0.15) is 0 Å². The van der Waals surface area contributed by atoms with Gasteiger partial charge in [-0.15, -0.1) is 0 Å². The van der Waals surface area contributed by atoms with Crippen molar-refractivity contribution in [1.82, 2.24) is 24.4 Å². The minimum Gasteiger partial charge on any atom is -0.354 e. The molecule has 0 saturated heterocycles. The molecule has 0 aliphatic heterocycles. The van der Waals surface area contributed by atoms with E-state index in [-0.39, 0.29) is 11.2 Å². The number of aryl methyl sites for hydroxylation is 1. The van der Waals surface area contributed by atoms with Gasteiger partial charge in [-0.2, -0.15) is 4.98 Å². The second kappa shape index (κ2) is 5.27. The van der Waals surface area contributed by atoms with Crippen LogP contribution >= 0.6 is 0 Å². The molecule has 0 amide bonds. The average molecular weight is 266 g/mol. The molecule has 0 radical (unpaired) electrons. The topological polar surface area (TPSA) is 96.7 Å². The van der Waals surface area contributed by atoms with Gasteiger partial charge < -0.3 is 15.6 Å². The first-order valence-corrected chi connectivity index (χ1v) is 6.16. The lowest BCUT2D eigenvalue weighted by Crippen LogP contribution is -2.36. The fourth-order valence-corrected chi connectivity index (χ4v) is 1.86. The first-order chi connectivity index (χ1) is 9.06. The Hall–Kier alpha value is -2.09. The van der Waals surface area contributed by atoms with Crippen molar-refractivity contribution in [3.8, 4) is 0 Å². The molecular weight excluding hydrogens is 248 g/mol. The number of likely N-dealkylation sites (N-methyl/N-ethyl adjacent to an activating group) is 1. The molecular formula is C11H18N6O2. The Morgan fingerprint density at radius 1 is 1.21 bits per heavy atom. The van der Waals surface area contributed by atoms with E-state index in [0.29, 0.717) is 23.7 Å². The van der Waals surface area contributed by atoms with Crippen LogP contribution in [0.1, 0.15) is 6.92 Å². The molecule has 0 aliphatic carbocycles. The van der Waals surface area contributed by atoms with Gasteiger partial charge in [0.05, 0.1) is 0 Å². The lowest BCUT2D eigenvalue weighted by atomic mass is 10.5. The third-order valence-corrected chi connectivity index (χ3v) is 2.94. The summed E-state index contributed by atoms with van der Waals surface area (Å²) < 4.78 is 2.41. The number of hydrogen-bond acceptors (Lipinski definition) is 5. The number of H-pyrrole nitrogens is 1. The van der Waals surface area contributed by atoms with Crippen LogP contribution in [0.3, 0.4) is 0 Å². The quantitative estimate of drug-likeness (QED) is 0.602. The van der Waals surface area contributed by atoms with Crippen molar-refractivity contribution in [3.05, 3.63) is 20.8 Å². The van der Waals surface area contributed by atoms with Gasteiger partial charge in [-0.05, 0) is 6.54 Å². The summed E-state index contributed by atoms with van der Waals surface area (Å²) in [7, 11) is 3.04. The molecule has 0 saturated carbocycles. The molecule has 2 rings (SSSR count). The summed E-state index contributed by atoms with van der Waals surface area (Å²) in [5.41, 5.74) is -0.0665. The Morgan fingerprint density at radius 3 is 2.63 bits per heavy atom. The van der Waals surface area contributed by atoms with Crippen LogP contribution < -0.4 is 21.9 Å². The molecule has 0 bridgehead atoms. The number of nitrogens with zero attached hydrogens (tertiary/aromatic N) is 3. The van der Waals surface area contributed by atoms with E-state index in [1.54, 1.807) is 7.05 Å². The van der Waals surface area contributed by atoms with E-state index in [2.05, 4.69) is 20.6 Å². The Morgan fingerprint density at radius 2 is 1.95 bits per heavy atom. The summed E-state index contributed by atoms with van der Waals surface area (Å²) in [6.07, 6.45) is 0. The Kier molecular flexibility index (Phi) is 3.70. The van der Waals surface area contributed by atoms with Crippen molar-refractivity contribution in [2.75, 3.05) is 25.0 Å². The number of hydrogen-bond donors (Lipinski definition) is 3. The van der Waals surface area contributed by atoms with Crippen LogP contribution in [0.4, 0.5) is 5.95 Å². The first kappa shape index (κ1) is 13.3. The highest BCUT2D eigenvalue weighted by atomic mass is 16.2. The van der Waals surface area contributed by atoms with Crippen molar-refractivity contribution >= 4 is 17.1 Å². The van der Waals surface area contributed by atoms with E-state index in [9.17, 15) is 9.59 Å². The van der Waals surface area contributed by atoms with Crippen LogP contribution in [0.15, 0.2) is 9.59 Å². The van der Waals surface area contributed by atoms with Crippen LogP contribution in [-0.2, 0) is 14.1 Å². The number of aromatic nitrogens is 4. The maximum absolute atomic E-state index is 11.9. The molecule has 104 valence electrons. The van der Waals surface area contributed by atoms with E-state index >= 15 is 0 Å². The molecule has 2 aromatic heterocycles. The normalized spacial score (nSPS) is 11.1. The predicted octanol–water partition coefficient (Wildman–Crippen LogP) is -1.02. The van der Waals surface area contributed by atoms with Gasteiger partial charge in [0.15, 0.2) is 11.2 Å². The summed E-state index contributed by atoms with van der Waals surface area (Å²) in [5, 5.41) is 6.24. The van der Waals surface area contributed by atoms with Crippen molar-refractivity contribution in [2.24, 2.45) is 14.1 Å². The van der Waals surface area contributed by atoms with Crippen LogP contribution in [0.5, 0.6) is 0 Å². The standard InChI is InChI=1S/C11H18N6O2/c1-4-12-5-6-13-10-14-7-8(15-10)16(2)11(19)17(3)9(7)18/h12H,4-6H2,1-3H3,(H2,13,14,15). The lowest BCUT2D eigenvalue weighted by Gasteiger charge is -2.02. The molecule has 0 aliphatic rings. The zero-order chi connectivity index (χ0) is 14.0. The monoisotopic (exact) mass is 266 g/mol. The molecule has 0 unspecified atom stereocenters. The smallest absolute Gasteiger partial charge is 0.332 e. The highest BCUT2D eigenvalue weighted by molar-refractivity contribution is 5.72. The number of rotatable bonds is 5. The van der Waals surface area contributed by atoms with Crippen molar-refractivity contribution in [2.45, 2.75) is 6.92 Å². The van der Waals surface area contributed by atoms with E-state index in [4.69, 9.17) is 0 Å². The van der Waals surface area contributed by atoms with Crippen molar-refractivity contribution < 1.29 is 0 Å². The van der Waals surface area contributed by atoms with Gasteiger partial charge >= 0.3 is 5.69 Å². The average Bonchev–Trinajstić information content (AvgIpc) is 2.83. The fourth-order valence-electron chi connectivity index (χ4n) is 1.86. The van der Waals surface area contributed by atoms with Gasteiger partial charge in [-0.25, -0.2) is 4.79 Å². The second-order valence-electron chi connectivity index (χ2n) is 4.27. The summed E-state index contributed by atoms with van der Waals surface area (Å²) in [4.78, 5) is 30.8. The molecule has 3 N–H and O–H groups in total. The first-order valence-electron chi connectivity index (χ1n) is 6.16. The van der Waals surface area contributed by atoms with Gasteiger partial charge in [-0.1, -0.05) is 6.92 Å². The summed E-state index contributed by atoms with van der Waals surface area (Å²) in [6.45, 7) is 4.41. The van der Waals surface area contributed by atoms with E-state index in [0.717, 1.165) is 17.7 Å². The highest BCUT2D eigenvalue weighted by Gasteiger charge is 2.12. The van der Waals surface area contributed by atoms with Crippen LogP contribution in [0.2, 0.25) is 0 Å². The zero-order valence-corrected chi connectivity index (χ0v) is 11.3. The lowest BCUT2D eigenvalue weighted by molar-refractivity contribution is 0.708. The van der Waals surface area contributed by atoms with Gasteiger partial charge in [0, 0.05) is 27.2 Å². The fraction of sp³-hybridized carbons (Fsp3) is 0.545. The van der Waals surface area contributed by atoms with Crippen molar-refractivity contribution in [3.63, 3.8) is 0 Å². The van der Waals surface area contributed by atoms with Crippen molar-refractivity contribution in [1.29, 1.82) is 0 Å². The molecule has 8 nitrogen and oxygen atoms in total. The number of fused-ring (bicyclic) bond motifs is 1. The zero-order valence-electron chi connectivity index (χ0n) is 11.3. The minimum absolute atomic E-state index is 0.329. The molecule has 19 heavy (non-hydrogen) atoms. The minimum atomic E-state index is -0.386. The number of imidazole rings is 1. The Bertz CT molecular complexity index is 695. The van der Waals surface area contributed by atoms with Gasteiger partial charge in [0.2, 0.25) is 5.95 Å². The van der Waals surface area contributed by atoms with E-state index in [1.807, 2.05) is 6.92 Å². The summed E-state index contributed by atoms with van der Waals surface area (Å²) in [6, 6.07) is 0. The highest BCUT2D eigenvalue weighted by Crippen LogP contribution is 2.07. The SMILES string of the molecule is CCNCCNc1nc2c([nH]1)c(=O)n(C)c(=O)n2C. The third-order valence-electron chi connectivity index (χ3n) is 2.94. The number of nitrogens with one attached hydrogen (secondary N) is 3. The maximum atomic E-state index is 11.9. The second-order valence-corrected chi connectivity index (χ2v) is 4.27. The Balaban J connectivity index is 2.36. The largest absolute Gasteiger partial charge is 0.354 e.